The van der Waals surface area contributed by atoms with Crippen LogP contribution in [0.2, 0.25) is 0 Å². The molecule has 0 radical (unpaired) electrons. The largest absolute Gasteiger partial charge is 0.478 e. The molecule has 4 nitrogen and oxygen atoms in total. The summed E-state index contributed by atoms with van der Waals surface area (Å²) in [4.78, 5) is 15.2. The van der Waals surface area contributed by atoms with Crippen LogP contribution in [0.1, 0.15) is 23.2 Å². The van der Waals surface area contributed by atoms with E-state index in [0.29, 0.717) is 6.04 Å². The van der Waals surface area contributed by atoms with E-state index in [9.17, 15) is 4.79 Å². The zero-order chi connectivity index (χ0) is 11.1. The Morgan fingerprint density at radius 3 is 3.00 bits per heavy atom. The molecule has 1 fully saturated rings. The minimum absolute atomic E-state index is 0.288. The normalized spacial score (nSPS) is 15.2. The van der Waals surface area contributed by atoms with Gasteiger partial charge >= 0.3 is 5.97 Å². The Morgan fingerprint density at radius 2 is 2.31 bits per heavy atom. The molecular weight excluding hydrogens is 224 g/mol. The maximum Gasteiger partial charge on any atom is 0.335 e. The molecule has 1 aliphatic carbocycles. The molecule has 1 heterocycles. The second-order valence-corrected chi connectivity index (χ2v) is 4.96. The predicted molar refractivity (Wildman–Crippen MR) is 63.2 cm³/mol. The van der Waals surface area contributed by atoms with Gasteiger partial charge in [0, 0.05) is 6.04 Å². The summed E-state index contributed by atoms with van der Waals surface area (Å²) in [6, 6.07) is 5.62. The first-order chi connectivity index (χ1) is 7.72. The maximum atomic E-state index is 10.8. The van der Waals surface area contributed by atoms with Crippen LogP contribution in [0, 0.1) is 0 Å². The summed E-state index contributed by atoms with van der Waals surface area (Å²) in [5.41, 5.74) is 1.05. The van der Waals surface area contributed by atoms with Gasteiger partial charge in [0.1, 0.15) is 0 Å². The second kappa shape index (κ2) is 3.45. The maximum absolute atomic E-state index is 10.8. The van der Waals surface area contributed by atoms with Crippen LogP contribution >= 0.6 is 11.3 Å². The van der Waals surface area contributed by atoms with E-state index in [2.05, 4.69) is 10.3 Å². The smallest absolute Gasteiger partial charge is 0.335 e. The van der Waals surface area contributed by atoms with E-state index in [1.807, 2.05) is 6.07 Å². The van der Waals surface area contributed by atoms with Crippen LogP contribution < -0.4 is 5.32 Å². The van der Waals surface area contributed by atoms with E-state index in [0.717, 1.165) is 15.3 Å². The molecule has 0 aliphatic heterocycles. The van der Waals surface area contributed by atoms with Gasteiger partial charge in [-0.1, -0.05) is 11.3 Å². The number of carboxylic acid groups (broad SMARTS) is 1. The minimum atomic E-state index is -0.911. The van der Waals surface area contributed by atoms with Crippen molar-refractivity contribution in [1.29, 1.82) is 0 Å². The Morgan fingerprint density at radius 1 is 1.50 bits per heavy atom. The molecule has 82 valence electrons. The molecule has 0 atom stereocenters. The molecule has 0 unspecified atom stereocenters. The number of thiazole rings is 1. The number of benzene rings is 1. The van der Waals surface area contributed by atoms with Crippen molar-refractivity contribution in [3.8, 4) is 0 Å². The average Bonchev–Trinajstić information content (AvgIpc) is 2.96. The highest BCUT2D eigenvalue weighted by atomic mass is 32.1. The van der Waals surface area contributed by atoms with Gasteiger partial charge in [0.15, 0.2) is 5.13 Å². The van der Waals surface area contributed by atoms with Crippen LogP contribution in [-0.2, 0) is 0 Å². The first-order valence-corrected chi connectivity index (χ1v) is 5.94. The topological polar surface area (TPSA) is 62.2 Å². The van der Waals surface area contributed by atoms with Crippen molar-refractivity contribution in [3.63, 3.8) is 0 Å². The molecule has 2 aromatic rings. The number of anilines is 1. The summed E-state index contributed by atoms with van der Waals surface area (Å²) < 4.78 is 1.02. The predicted octanol–water partition coefficient (Wildman–Crippen LogP) is 2.57. The monoisotopic (exact) mass is 234 g/mol. The van der Waals surface area contributed by atoms with E-state index >= 15 is 0 Å². The van der Waals surface area contributed by atoms with Crippen molar-refractivity contribution < 1.29 is 9.90 Å². The standard InChI is InChI=1S/C11H10N2O2S/c14-10(15)6-1-4-9-8(5-6)13-11(16-9)12-7-2-3-7/h1,4-5,7H,2-3H2,(H,12,13)(H,14,15). The van der Waals surface area contributed by atoms with E-state index in [4.69, 9.17) is 5.11 Å². The van der Waals surface area contributed by atoms with Gasteiger partial charge in [-0.25, -0.2) is 9.78 Å². The molecule has 1 aromatic carbocycles. The highest BCUT2D eigenvalue weighted by Gasteiger charge is 2.22. The number of nitrogens with zero attached hydrogens (tertiary/aromatic N) is 1. The van der Waals surface area contributed by atoms with Crippen LogP contribution in [0.3, 0.4) is 0 Å². The zero-order valence-corrected chi connectivity index (χ0v) is 9.25. The molecule has 0 bridgehead atoms. The number of hydrogen-bond donors (Lipinski definition) is 2. The fourth-order valence-electron chi connectivity index (χ4n) is 1.52. The Bertz CT molecular complexity index is 560. The van der Waals surface area contributed by atoms with Crippen molar-refractivity contribution >= 4 is 32.7 Å². The third-order valence-electron chi connectivity index (χ3n) is 2.54. The van der Waals surface area contributed by atoms with Gasteiger partial charge in [-0.3, -0.25) is 0 Å². The molecule has 1 aromatic heterocycles. The summed E-state index contributed by atoms with van der Waals surface area (Å²) in [7, 11) is 0. The van der Waals surface area contributed by atoms with E-state index in [1.165, 1.54) is 12.8 Å². The molecule has 1 saturated carbocycles. The summed E-state index contributed by atoms with van der Waals surface area (Å²) in [5.74, 6) is -0.911. The Balaban J connectivity index is 1.99. The Hall–Kier alpha value is -1.62. The van der Waals surface area contributed by atoms with Crippen LogP contribution in [0.4, 0.5) is 5.13 Å². The minimum Gasteiger partial charge on any atom is -0.478 e. The first kappa shape index (κ1) is 9.59. The fourth-order valence-corrected chi connectivity index (χ4v) is 2.45. The molecule has 3 rings (SSSR count). The molecule has 16 heavy (non-hydrogen) atoms. The van der Waals surface area contributed by atoms with Crippen molar-refractivity contribution in [2.75, 3.05) is 5.32 Å². The number of carbonyl (C=O) groups is 1. The first-order valence-electron chi connectivity index (χ1n) is 5.13. The van der Waals surface area contributed by atoms with Crippen molar-refractivity contribution in [2.24, 2.45) is 0 Å². The molecule has 5 heteroatoms. The van der Waals surface area contributed by atoms with Gasteiger partial charge < -0.3 is 10.4 Å². The second-order valence-electron chi connectivity index (χ2n) is 3.93. The molecule has 1 aliphatic rings. The summed E-state index contributed by atoms with van der Waals surface area (Å²) in [5, 5.41) is 13.1. The molecule has 0 saturated heterocycles. The summed E-state index contributed by atoms with van der Waals surface area (Å²) in [6.07, 6.45) is 2.41. The van der Waals surface area contributed by atoms with Crippen molar-refractivity contribution in [3.05, 3.63) is 23.8 Å². The third kappa shape index (κ3) is 1.74. The van der Waals surface area contributed by atoms with E-state index in [-0.39, 0.29) is 5.56 Å². The molecular formula is C11H10N2O2S. The third-order valence-corrected chi connectivity index (χ3v) is 3.51. The zero-order valence-electron chi connectivity index (χ0n) is 8.43. The molecule has 0 amide bonds. The van der Waals surface area contributed by atoms with Crippen LogP contribution in [0.25, 0.3) is 10.2 Å². The van der Waals surface area contributed by atoms with Gasteiger partial charge in [0.25, 0.3) is 0 Å². The van der Waals surface area contributed by atoms with Crippen LogP contribution in [0.15, 0.2) is 18.2 Å². The van der Waals surface area contributed by atoms with Crippen molar-refractivity contribution in [1.82, 2.24) is 4.98 Å². The van der Waals surface area contributed by atoms with Crippen LogP contribution in [-0.4, -0.2) is 22.1 Å². The molecule has 0 spiro atoms. The fraction of sp³-hybridized carbons (Fsp3) is 0.273. The number of aromatic carboxylic acids is 1. The van der Waals surface area contributed by atoms with Crippen LogP contribution in [0.5, 0.6) is 0 Å². The summed E-state index contributed by atoms with van der Waals surface area (Å²) >= 11 is 1.57. The Labute approximate surface area is 95.9 Å². The number of rotatable bonds is 3. The van der Waals surface area contributed by atoms with Crippen molar-refractivity contribution in [2.45, 2.75) is 18.9 Å². The lowest BCUT2D eigenvalue weighted by Crippen LogP contribution is -1.99. The number of aromatic nitrogens is 1. The van der Waals surface area contributed by atoms with Gasteiger partial charge in [-0.2, -0.15) is 0 Å². The van der Waals surface area contributed by atoms with Gasteiger partial charge in [0.2, 0.25) is 0 Å². The number of fused-ring (bicyclic) bond motifs is 1. The SMILES string of the molecule is O=C(O)c1ccc2sc(NC3CC3)nc2c1. The highest BCUT2D eigenvalue weighted by Crippen LogP contribution is 2.31. The lowest BCUT2D eigenvalue weighted by Gasteiger charge is -1.94. The summed E-state index contributed by atoms with van der Waals surface area (Å²) in [6.45, 7) is 0. The van der Waals surface area contributed by atoms with E-state index in [1.54, 1.807) is 23.5 Å². The van der Waals surface area contributed by atoms with E-state index < -0.39 is 5.97 Å². The lowest BCUT2D eigenvalue weighted by molar-refractivity contribution is 0.0697. The van der Waals surface area contributed by atoms with Gasteiger partial charge in [0.05, 0.1) is 15.8 Å². The number of nitrogens with one attached hydrogen (secondary N) is 1. The average molecular weight is 234 g/mol. The van der Waals surface area contributed by atoms with Gasteiger partial charge in [-0.15, -0.1) is 0 Å². The quantitative estimate of drug-likeness (QED) is 0.856. The number of carboxylic acids is 1. The lowest BCUT2D eigenvalue weighted by atomic mass is 10.2. The molecule has 2 N–H and O–H groups in total. The van der Waals surface area contributed by atoms with Gasteiger partial charge in [-0.05, 0) is 31.0 Å². The number of hydrogen-bond acceptors (Lipinski definition) is 4. The highest BCUT2D eigenvalue weighted by molar-refractivity contribution is 7.22. The Kier molecular flexibility index (Phi) is 2.07.